The molecule has 10 nitrogen and oxygen atoms in total. The Morgan fingerprint density at radius 3 is 2.34 bits per heavy atom. The van der Waals surface area contributed by atoms with Gasteiger partial charge in [0.1, 0.15) is 29.8 Å². The van der Waals surface area contributed by atoms with Crippen molar-refractivity contribution in [3.8, 4) is 0 Å². The van der Waals surface area contributed by atoms with Crippen LogP contribution in [0.25, 0.3) is 0 Å². The van der Waals surface area contributed by atoms with Crippen molar-refractivity contribution >= 4 is 45.3 Å². The number of cyclic esters (lactones) is 1. The summed E-state index contributed by atoms with van der Waals surface area (Å²) in [4.78, 5) is 62.7. The molecule has 1 N–H and O–H groups in total. The van der Waals surface area contributed by atoms with Gasteiger partial charge in [0.2, 0.25) is 11.8 Å². The molecule has 1 spiro atoms. The van der Waals surface area contributed by atoms with Gasteiger partial charge in [0.15, 0.2) is 0 Å². The summed E-state index contributed by atoms with van der Waals surface area (Å²) in [5.41, 5.74) is 1.86. The number of halogens is 1. The van der Waals surface area contributed by atoms with Gasteiger partial charge in [-0.2, -0.15) is 0 Å². The monoisotopic (exact) mass is 747 g/mol. The Morgan fingerprint density at radius 2 is 1.64 bits per heavy atom. The molecule has 4 heterocycles. The number of allylic oxidation sites excluding steroid dienone is 1. The molecule has 0 saturated carbocycles. The van der Waals surface area contributed by atoms with Crippen molar-refractivity contribution in [3.63, 3.8) is 0 Å². The molecular weight excluding hydrogens is 702 g/mol. The number of aryl methyl sites for hydroxylation is 2. The van der Waals surface area contributed by atoms with Gasteiger partial charge in [-0.3, -0.25) is 19.2 Å². The number of esters is 1. The molecule has 2 aromatic rings. The third-order valence-corrected chi connectivity index (χ3v) is 11.4. The zero-order chi connectivity index (χ0) is 35.7. The molecule has 0 aliphatic carbocycles. The minimum absolute atomic E-state index is 0.0335. The highest BCUT2D eigenvalue weighted by Crippen LogP contribution is 2.59. The van der Waals surface area contributed by atoms with E-state index >= 15 is 4.79 Å². The first-order valence-corrected chi connectivity index (χ1v) is 18.3. The Balaban J connectivity index is 1.49. The quantitative estimate of drug-likeness (QED) is 0.237. The minimum Gasteiger partial charge on any atom is -0.455 e. The van der Waals surface area contributed by atoms with E-state index in [0.29, 0.717) is 30.2 Å². The van der Waals surface area contributed by atoms with E-state index in [4.69, 9.17) is 9.47 Å². The van der Waals surface area contributed by atoms with Gasteiger partial charge in [-0.1, -0.05) is 76.6 Å². The van der Waals surface area contributed by atoms with Gasteiger partial charge < -0.3 is 29.3 Å². The van der Waals surface area contributed by atoms with Crippen LogP contribution in [0.1, 0.15) is 61.8 Å². The lowest BCUT2D eigenvalue weighted by atomic mass is 9.74. The minimum atomic E-state index is -1.41. The van der Waals surface area contributed by atoms with Crippen molar-refractivity contribution in [3.05, 3.63) is 87.9 Å². The van der Waals surface area contributed by atoms with Gasteiger partial charge >= 0.3 is 5.97 Å². The second-order valence-electron chi connectivity index (χ2n) is 13.9. The second kappa shape index (κ2) is 14.8. The molecule has 11 heteroatoms. The van der Waals surface area contributed by atoms with Crippen molar-refractivity contribution < 1.29 is 33.8 Å². The van der Waals surface area contributed by atoms with Crippen molar-refractivity contribution in [1.82, 2.24) is 9.80 Å². The number of ether oxygens (including phenoxy) is 2. The van der Waals surface area contributed by atoms with Crippen LogP contribution in [0.15, 0.2) is 71.2 Å². The summed E-state index contributed by atoms with van der Waals surface area (Å²) in [5.74, 6) is -3.39. The lowest BCUT2D eigenvalue weighted by molar-refractivity contribution is -0.164. The smallest absolute Gasteiger partial charge is 0.313 e. The first-order valence-electron chi connectivity index (χ1n) is 17.5. The van der Waals surface area contributed by atoms with Crippen LogP contribution < -0.4 is 4.90 Å². The standard InChI is InChI=1S/C39H46BrN3O7/c1-24-15-14-16-25(2)32(24)42-20-11-6-10-19-29(45)41(4)26(3)33(27-17-8-5-9-18-27)49-38(48)30-31-36(46)43(21-12-7-13-22-44)35(37(42)47)39(31)23-28(40)34(30)50-39/h5-6,8-9,11,14-18,23,26,30-31,33-35,44H,7,10,12-13,19-22H2,1-4H3/b11-6-/t26-,30+,31-,33+,34+,35+,39-/m1/s1. The molecule has 2 aromatic carbocycles. The molecule has 4 aliphatic rings. The molecule has 7 atom stereocenters. The van der Waals surface area contributed by atoms with Crippen molar-refractivity contribution in [2.75, 3.05) is 31.6 Å². The Labute approximate surface area is 302 Å². The van der Waals surface area contributed by atoms with E-state index in [1.54, 1.807) is 21.7 Å². The van der Waals surface area contributed by atoms with Crippen LogP contribution in [-0.4, -0.2) is 89.1 Å². The Morgan fingerprint density at radius 1 is 0.920 bits per heavy atom. The fraction of sp³-hybridized carbons (Fsp3) is 0.487. The predicted molar refractivity (Wildman–Crippen MR) is 192 cm³/mol. The number of aliphatic hydroxyl groups is 1. The third-order valence-electron chi connectivity index (χ3n) is 10.8. The molecule has 50 heavy (non-hydrogen) atoms. The fourth-order valence-corrected chi connectivity index (χ4v) is 8.89. The summed E-state index contributed by atoms with van der Waals surface area (Å²) in [6.07, 6.45) is 6.50. The van der Waals surface area contributed by atoms with E-state index in [9.17, 15) is 19.5 Å². The molecule has 0 radical (unpaired) electrons. The molecular formula is C39H46BrN3O7. The summed E-state index contributed by atoms with van der Waals surface area (Å²) >= 11 is 3.64. The number of rotatable bonds is 7. The number of carbonyl (C=O) groups excluding carboxylic acids is 4. The number of carbonyl (C=O) groups is 4. The maximum atomic E-state index is 15.2. The van der Waals surface area contributed by atoms with E-state index in [2.05, 4.69) is 15.9 Å². The van der Waals surface area contributed by atoms with Crippen LogP contribution in [0.4, 0.5) is 5.69 Å². The number of amides is 3. The maximum absolute atomic E-state index is 15.2. The third kappa shape index (κ3) is 6.32. The Hall–Kier alpha value is -3.80. The van der Waals surface area contributed by atoms with Crippen LogP contribution in [-0.2, 0) is 28.7 Å². The van der Waals surface area contributed by atoms with E-state index in [1.165, 1.54) is 0 Å². The lowest BCUT2D eigenvalue weighted by Gasteiger charge is -2.36. The van der Waals surface area contributed by atoms with E-state index in [0.717, 1.165) is 22.4 Å². The summed E-state index contributed by atoms with van der Waals surface area (Å²) < 4.78 is 13.7. The van der Waals surface area contributed by atoms with Gasteiger partial charge in [0.25, 0.3) is 5.91 Å². The molecule has 2 fully saturated rings. The number of anilines is 1. The van der Waals surface area contributed by atoms with Gasteiger partial charge in [-0.25, -0.2) is 0 Å². The molecule has 0 unspecified atom stereocenters. The number of likely N-dealkylation sites (tertiary alicyclic amines) is 1. The molecule has 4 aliphatic heterocycles. The van der Waals surface area contributed by atoms with Gasteiger partial charge in [-0.15, -0.1) is 0 Å². The van der Waals surface area contributed by atoms with Crippen LogP contribution in [0.3, 0.4) is 0 Å². The van der Waals surface area contributed by atoms with E-state index in [1.807, 2.05) is 87.5 Å². The molecule has 3 amide bonds. The molecule has 5 bridgehead atoms. The number of aliphatic hydroxyl groups excluding tert-OH is 1. The highest BCUT2D eigenvalue weighted by Gasteiger charge is 2.75. The van der Waals surface area contributed by atoms with E-state index < -0.39 is 47.7 Å². The van der Waals surface area contributed by atoms with Crippen molar-refractivity contribution in [1.29, 1.82) is 0 Å². The van der Waals surface area contributed by atoms with Gasteiger partial charge in [-0.05, 0) is 69.2 Å². The van der Waals surface area contributed by atoms with Gasteiger partial charge in [0.05, 0.1) is 12.0 Å². The van der Waals surface area contributed by atoms with E-state index in [-0.39, 0.29) is 43.8 Å². The van der Waals surface area contributed by atoms with Gasteiger partial charge in [0, 0.05) is 43.3 Å². The number of hydrogen-bond acceptors (Lipinski definition) is 7. The maximum Gasteiger partial charge on any atom is 0.313 e. The highest BCUT2D eigenvalue weighted by atomic mass is 79.9. The average Bonchev–Trinajstić information content (AvgIpc) is 3.69. The number of fused-ring (bicyclic) bond motifs is 2. The molecule has 266 valence electrons. The first kappa shape index (κ1) is 36.0. The topological polar surface area (TPSA) is 117 Å². The normalized spacial score (nSPS) is 30.8. The summed E-state index contributed by atoms with van der Waals surface area (Å²) in [6.45, 7) is 6.27. The number of unbranched alkanes of at least 4 members (excludes halogenated alkanes) is 2. The number of benzene rings is 2. The van der Waals surface area contributed by atoms with Crippen LogP contribution in [0.2, 0.25) is 0 Å². The SMILES string of the molecule is Cc1cccc(C)c1N1C/C=C\CCC(=O)N(C)[C@H](C)[C@@H](c2ccccc2)OC(=O)[C@@H]2[C@H]3O[C@@]4(C=C3Br)[C@H](C1=O)N(CCCCCO)C(=O)[C@@H]24. The summed E-state index contributed by atoms with van der Waals surface area (Å²) in [7, 11) is 1.71. The molecule has 6 rings (SSSR count). The van der Waals surface area contributed by atoms with Crippen LogP contribution >= 0.6 is 15.9 Å². The summed E-state index contributed by atoms with van der Waals surface area (Å²) in [5, 5.41) is 9.44. The number of likely N-dealkylation sites (N-methyl/N-ethyl adjacent to an activating group) is 1. The number of nitrogens with zero attached hydrogens (tertiary/aromatic N) is 3. The Bertz CT molecular complexity index is 1680. The van der Waals surface area contributed by atoms with Crippen molar-refractivity contribution in [2.45, 2.75) is 82.8 Å². The second-order valence-corrected chi connectivity index (χ2v) is 14.8. The number of hydrogen-bond donors (Lipinski definition) is 1. The van der Waals surface area contributed by atoms with Crippen molar-refractivity contribution in [2.24, 2.45) is 11.8 Å². The zero-order valence-electron chi connectivity index (χ0n) is 29.1. The highest BCUT2D eigenvalue weighted by molar-refractivity contribution is 9.11. The average molecular weight is 749 g/mol. The summed E-state index contributed by atoms with van der Waals surface area (Å²) in [6, 6.07) is 13.6. The fourth-order valence-electron chi connectivity index (χ4n) is 8.15. The van der Waals surface area contributed by atoms with Crippen LogP contribution in [0, 0.1) is 25.7 Å². The largest absolute Gasteiger partial charge is 0.455 e. The first-order chi connectivity index (χ1) is 24.0. The van der Waals surface area contributed by atoms with Crippen LogP contribution in [0.5, 0.6) is 0 Å². The lowest BCUT2D eigenvalue weighted by Crippen LogP contribution is -2.56. The molecule has 2 saturated heterocycles. The molecule has 0 aromatic heterocycles. The zero-order valence-corrected chi connectivity index (χ0v) is 30.7. The Kier molecular flexibility index (Phi) is 10.7. The predicted octanol–water partition coefficient (Wildman–Crippen LogP) is 5.15. The number of para-hydroxylation sites is 1.